The highest BCUT2D eigenvalue weighted by Crippen LogP contribution is 2.47. The van der Waals surface area contributed by atoms with Gasteiger partial charge in [-0.3, -0.25) is 4.90 Å². The molecule has 2 nitrogen and oxygen atoms in total. The van der Waals surface area contributed by atoms with Crippen LogP contribution >= 0.6 is 0 Å². The Morgan fingerprint density at radius 3 is 2.33 bits per heavy atom. The molecule has 0 amide bonds. The van der Waals surface area contributed by atoms with Crippen LogP contribution in [0.4, 0.5) is 0 Å². The zero-order valence-corrected chi connectivity index (χ0v) is 12.5. The summed E-state index contributed by atoms with van der Waals surface area (Å²) in [6, 6.07) is 0.691. The normalized spacial score (nSPS) is 37.3. The Kier molecular flexibility index (Phi) is 3.22. The van der Waals surface area contributed by atoms with E-state index in [4.69, 9.17) is 0 Å². The maximum atomic E-state index is 3.99. The van der Waals surface area contributed by atoms with Crippen molar-refractivity contribution >= 4 is 0 Å². The first kappa shape index (κ1) is 12.9. The van der Waals surface area contributed by atoms with E-state index in [2.05, 4.69) is 31.0 Å². The number of nitrogens with one attached hydrogen (secondary N) is 1. The van der Waals surface area contributed by atoms with Gasteiger partial charge in [0.05, 0.1) is 0 Å². The van der Waals surface area contributed by atoms with Gasteiger partial charge in [0.15, 0.2) is 0 Å². The molecule has 1 aliphatic heterocycles. The quantitative estimate of drug-likeness (QED) is 0.810. The van der Waals surface area contributed by atoms with Crippen molar-refractivity contribution in [3.05, 3.63) is 0 Å². The van der Waals surface area contributed by atoms with E-state index >= 15 is 0 Å². The zero-order chi connectivity index (χ0) is 12.8. The van der Waals surface area contributed by atoms with Gasteiger partial charge in [-0.25, -0.2) is 0 Å². The van der Waals surface area contributed by atoms with Gasteiger partial charge < -0.3 is 5.32 Å². The molecular weight excluding hydrogens is 220 g/mol. The van der Waals surface area contributed by atoms with Crippen LogP contribution in [0.15, 0.2) is 0 Å². The molecule has 0 radical (unpaired) electrons. The molecule has 2 saturated carbocycles. The van der Waals surface area contributed by atoms with E-state index in [0.717, 1.165) is 5.92 Å². The summed E-state index contributed by atoms with van der Waals surface area (Å²) in [5.41, 5.74) is 0.883. The van der Waals surface area contributed by atoms with Crippen LogP contribution in [0.25, 0.3) is 0 Å². The summed E-state index contributed by atoms with van der Waals surface area (Å²) in [7, 11) is 0. The molecule has 0 aromatic heterocycles. The molecule has 3 rings (SSSR count). The predicted octanol–water partition coefficient (Wildman–Crippen LogP) is 3.17. The van der Waals surface area contributed by atoms with Crippen molar-refractivity contribution in [2.45, 2.75) is 82.8 Å². The van der Waals surface area contributed by atoms with E-state index in [0.29, 0.717) is 17.1 Å². The second kappa shape index (κ2) is 4.49. The third-order valence-electron chi connectivity index (χ3n) is 5.84. The average molecular weight is 250 g/mol. The molecule has 18 heavy (non-hydrogen) atoms. The SMILES string of the molecule is CC(C)N1CC2(CCCCC2)NCC1(C)C1CC1. The van der Waals surface area contributed by atoms with Gasteiger partial charge in [0.2, 0.25) is 0 Å². The summed E-state index contributed by atoms with van der Waals surface area (Å²) < 4.78 is 0. The van der Waals surface area contributed by atoms with Gasteiger partial charge in [-0.15, -0.1) is 0 Å². The Morgan fingerprint density at radius 1 is 1.11 bits per heavy atom. The van der Waals surface area contributed by atoms with Gasteiger partial charge in [0.25, 0.3) is 0 Å². The number of nitrogens with zero attached hydrogens (tertiary/aromatic N) is 1. The molecule has 0 bridgehead atoms. The molecule has 0 aromatic rings. The topological polar surface area (TPSA) is 15.3 Å². The van der Waals surface area contributed by atoms with Crippen molar-refractivity contribution in [3.63, 3.8) is 0 Å². The molecule has 1 saturated heterocycles. The van der Waals surface area contributed by atoms with E-state index in [1.165, 1.54) is 58.0 Å². The van der Waals surface area contributed by atoms with E-state index in [1.54, 1.807) is 0 Å². The number of rotatable bonds is 2. The van der Waals surface area contributed by atoms with E-state index in [-0.39, 0.29) is 0 Å². The monoisotopic (exact) mass is 250 g/mol. The Bertz CT molecular complexity index is 302. The van der Waals surface area contributed by atoms with Crippen LogP contribution in [-0.4, -0.2) is 35.1 Å². The first-order valence-electron chi connectivity index (χ1n) is 8.08. The van der Waals surface area contributed by atoms with Crippen molar-refractivity contribution in [2.75, 3.05) is 13.1 Å². The summed E-state index contributed by atoms with van der Waals surface area (Å²) in [5, 5.41) is 3.99. The third-order valence-corrected chi connectivity index (χ3v) is 5.84. The van der Waals surface area contributed by atoms with Gasteiger partial charge in [-0.05, 0) is 52.4 Å². The fourth-order valence-electron chi connectivity index (χ4n) is 4.45. The molecule has 1 spiro atoms. The van der Waals surface area contributed by atoms with Crippen molar-refractivity contribution in [2.24, 2.45) is 5.92 Å². The van der Waals surface area contributed by atoms with E-state index in [1.807, 2.05) is 0 Å². The highest BCUT2D eigenvalue weighted by atomic mass is 15.3. The smallest absolute Gasteiger partial charge is 0.0337 e. The standard InChI is InChI=1S/C16H30N2/c1-13(2)18-12-16(9-5-4-6-10-16)17-11-15(18,3)14-7-8-14/h13-14,17H,4-12H2,1-3H3. The minimum absolute atomic E-state index is 0.427. The van der Waals surface area contributed by atoms with Crippen LogP contribution in [0, 0.1) is 5.92 Å². The lowest BCUT2D eigenvalue weighted by Crippen LogP contribution is -2.71. The fourth-order valence-corrected chi connectivity index (χ4v) is 4.45. The molecule has 1 unspecified atom stereocenters. The van der Waals surface area contributed by atoms with Gasteiger partial charge >= 0.3 is 0 Å². The van der Waals surface area contributed by atoms with Crippen LogP contribution in [0.3, 0.4) is 0 Å². The maximum absolute atomic E-state index is 3.99. The molecule has 3 fully saturated rings. The van der Waals surface area contributed by atoms with Crippen LogP contribution in [0.2, 0.25) is 0 Å². The average Bonchev–Trinajstić information content (AvgIpc) is 3.18. The predicted molar refractivity (Wildman–Crippen MR) is 76.8 cm³/mol. The lowest BCUT2D eigenvalue weighted by molar-refractivity contribution is -0.0318. The minimum atomic E-state index is 0.427. The van der Waals surface area contributed by atoms with Gasteiger partial charge in [-0.2, -0.15) is 0 Å². The van der Waals surface area contributed by atoms with Crippen molar-refractivity contribution in [1.82, 2.24) is 10.2 Å². The summed E-state index contributed by atoms with van der Waals surface area (Å²) in [5.74, 6) is 0.952. The van der Waals surface area contributed by atoms with E-state index < -0.39 is 0 Å². The van der Waals surface area contributed by atoms with Gasteiger partial charge in [0, 0.05) is 30.2 Å². The lowest BCUT2D eigenvalue weighted by Gasteiger charge is -2.56. The summed E-state index contributed by atoms with van der Waals surface area (Å²) in [6.45, 7) is 9.80. The molecule has 1 N–H and O–H groups in total. The second-order valence-electron chi connectivity index (χ2n) is 7.55. The Balaban J connectivity index is 1.78. The minimum Gasteiger partial charge on any atom is -0.308 e. The zero-order valence-electron chi connectivity index (χ0n) is 12.5. The molecule has 2 heteroatoms. The first-order chi connectivity index (χ1) is 8.56. The highest BCUT2D eigenvalue weighted by molar-refractivity contribution is 5.10. The maximum Gasteiger partial charge on any atom is 0.0337 e. The van der Waals surface area contributed by atoms with Crippen LogP contribution in [0.1, 0.15) is 65.7 Å². The van der Waals surface area contributed by atoms with Crippen LogP contribution in [-0.2, 0) is 0 Å². The van der Waals surface area contributed by atoms with Gasteiger partial charge in [-0.1, -0.05) is 19.3 Å². The number of hydrogen-bond acceptors (Lipinski definition) is 2. The van der Waals surface area contributed by atoms with Crippen molar-refractivity contribution in [3.8, 4) is 0 Å². The summed E-state index contributed by atoms with van der Waals surface area (Å²) in [6.07, 6.45) is 10.0. The molecule has 1 heterocycles. The van der Waals surface area contributed by atoms with Crippen molar-refractivity contribution < 1.29 is 0 Å². The highest BCUT2D eigenvalue weighted by Gasteiger charge is 2.52. The second-order valence-corrected chi connectivity index (χ2v) is 7.55. The molecular formula is C16H30N2. The lowest BCUT2D eigenvalue weighted by atomic mass is 9.76. The Morgan fingerprint density at radius 2 is 1.78 bits per heavy atom. The summed E-state index contributed by atoms with van der Waals surface area (Å²) >= 11 is 0. The molecule has 104 valence electrons. The van der Waals surface area contributed by atoms with Crippen LogP contribution in [0.5, 0.6) is 0 Å². The molecule has 3 aliphatic rings. The van der Waals surface area contributed by atoms with Crippen molar-refractivity contribution in [1.29, 1.82) is 0 Å². The molecule has 1 atom stereocenters. The number of hydrogen-bond donors (Lipinski definition) is 1. The first-order valence-corrected chi connectivity index (χ1v) is 8.08. The Hall–Kier alpha value is -0.0800. The van der Waals surface area contributed by atoms with Crippen LogP contribution < -0.4 is 5.32 Å². The molecule has 2 aliphatic carbocycles. The molecule has 0 aromatic carbocycles. The largest absolute Gasteiger partial charge is 0.308 e. The third kappa shape index (κ3) is 2.12. The fraction of sp³-hybridized carbons (Fsp3) is 1.00. The van der Waals surface area contributed by atoms with E-state index in [9.17, 15) is 0 Å². The summed E-state index contributed by atoms with van der Waals surface area (Å²) in [4.78, 5) is 2.84. The Labute approximate surface area is 113 Å². The van der Waals surface area contributed by atoms with Gasteiger partial charge in [0.1, 0.15) is 0 Å². The number of piperazine rings is 1.